The van der Waals surface area contributed by atoms with E-state index >= 15 is 0 Å². The van der Waals surface area contributed by atoms with E-state index in [4.69, 9.17) is 16.3 Å². The van der Waals surface area contributed by atoms with E-state index in [0.29, 0.717) is 33.4 Å². The zero-order valence-corrected chi connectivity index (χ0v) is 20.1. The second-order valence-corrected chi connectivity index (χ2v) is 10.1. The van der Waals surface area contributed by atoms with Crippen LogP contribution in [0.15, 0.2) is 67.4 Å². The van der Waals surface area contributed by atoms with Crippen LogP contribution in [0.3, 0.4) is 0 Å². The number of Topliss-reactive ketones (excluding diaryl/α,β-unsaturated/α-hetero) is 1. The van der Waals surface area contributed by atoms with E-state index in [9.17, 15) is 9.90 Å². The molecule has 5 nitrogen and oxygen atoms in total. The molecule has 6 rings (SSSR count). The Morgan fingerprint density at radius 2 is 2.09 bits per heavy atom. The van der Waals surface area contributed by atoms with Crippen LogP contribution in [0.1, 0.15) is 34.9 Å². The Labute approximate surface area is 205 Å². The Hall–Kier alpha value is -2.73. The van der Waals surface area contributed by atoms with E-state index < -0.39 is 6.10 Å². The molecule has 3 aliphatic heterocycles. The molecule has 0 spiro atoms. The van der Waals surface area contributed by atoms with Gasteiger partial charge in [-0.15, -0.1) is 6.58 Å². The fourth-order valence-electron chi connectivity index (χ4n) is 6.13. The summed E-state index contributed by atoms with van der Waals surface area (Å²) in [6.07, 6.45) is 4.97. The number of aliphatic hydroxyl groups excluding tert-OH is 1. The van der Waals surface area contributed by atoms with E-state index in [2.05, 4.69) is 11.6 Å². The van der Waals surface area contributed by atoms with Gasteiger partial charge < -0.3 is 14.3 Å². The van der Waals surface area contributed by atoms with Gasteiger partial charge in [0.2, 0.25) is 5.78 Å². The number of nitrogens with zero attached hydrogens (tertiary/aromatic N) is 2. The van der Waals surface area contributed by atoms with Gasteiger partial charge in [0.1, 0.15) is 24.4 Å². The van der Waals surface area contributed by atoms with Gasteiger partial charge in [0, 0.05) is 40.9 Å². The van der Waals surface area contributed by atoms with Crippen LogP contribution in [0.25, 0.3) is 10.9 Å². The highest BCUT2D eigenvalue weighted by molar-refractivity contribution is 6.30. The molecule has 1 N–H and O–H groups in total. The van der Waals surface area contributed by atoms with Crippen LogP contribution in [-0.4, -0.2) is 53.1 Å². The molecule has 0 radical (unpaired) electrons. The molecule has 2 bridgehead atoms. The number of aromatic nitrogens is 1. The Bertz CT molecular complexity index is 1230. The maximum Gasteiger partial charge on any atom is 0.216 e. The number of methoxy groups -OCH3 is 1. The molecule has 34 heavy (non-hydrogen) atoms. The SMILES string of the molecule is C=CC1C[N+]2(CC(=O)c3ccc(Cl)cc3)CCC1CC2[C@H](O)c1ccnc2ccc(OC)cc12. The minimum absolute atomic E-state index is 0.0806. The first-order valence-corrected chi connectivity index (χ1v) is 12.2. The molecule has 3 fully saturated rings. The Kier molecular flexibility index (Phi) is 6.19. The second-order valence-electron chi connectivity index (χ2n) is 9.69. The van der Waals surface area contributed by atoms with Crippen LogP contribution >= 0.6 is 11.6 Å². The second kappa shape index (κ2) is 9.14. The fourth-order valence-corrected chi connectivity index (χ4v) is 6.26. The number of hydrogen-bond acceptors (Lipinski definition) is 4. The smallest absolute Gasteiger partial charge is 0.216 e. The number of quaternary nitrogens is 1. The van der Waals surface area contributed by atoms with Gasteiger partial charge >= 0.3 is 0 Å². The fraction of sp³-hybridized carbons (Fsp3) is 0.357. The lowest BCUT2D eigenvalue weighted by molar-refractivity contribution is -0.966. The highest BCUT2D eigenvalue weighted by atomic mass is 35.5. The van der Waals surface area contributed by atoms with Gasteiger partial charge in [0.25, 0.3) is 0 Å². The average molecular weight is 478 g/mol. The third-order valence-electron chi connectivity index (χ3n) is 7.97. The summed E-state index contributed by atoms with van der Waals surface area (Å²) in [7, 11) is 1.64. The molecule has 1 aromatic heterocycles. The summed E-state index contributed by atoms with van der Waals surface area (Å²) in [5.41, 5.74) is 2.32. The maximum absolute atomic E-state index is 13.4. The molecule has 6 heteroatoms. The number of aliphatic hydroxyl groups is 1. The molecule has 176 valence electrons. The molecule has 5 atom stereocenters. The van der Waals surface area contributed by atoms with Gasteiger partial charge in [0.05, 0.1) is 25.7 Å². The van der Waals surface area contributed by atoms with E-state index in [1.54, 1.807) is 37.6 Å². The number of ether oxygens (including phenoxy) is 1. The number of carbonyl (C=O) groups excluding carboxylic acids is 1. The van der Waals surface area contributed by atoms with Crippen molar-refractivity contribution in [3.8, 4) is 5.75 Å². The summed E-state index contributed by atoms with van der Waals surface area (Å²) < 4.78 is 6.00. The molecule has 3 aliphatic rings. The Balaban J connectivity index is 1.53. The summed E-state index contributed by atoms with van der Waals surface area (Å²) in [4.78, 5) is 17.9. The minimum Gasteiger partial charge on any atom is -0.497 e. The first kappa shape index (κ1) is 23.0. The van der Waals surface area contributed by atoms with Crippen molar-refractivity contribution in [3.05, 3.63) is 83.5 Å². The number of benzene rings is 2. The number of piperidine rings is 3. The number of rotatable bonds is 7. The van der Waals surface area contributed by atoms with Crippen molar-refractivity contribution in [1.29, 1.82) is 0 Å². The van der Waals surface area contributed by atoms with Crippen LogP contribution in [0.4, 0.5) is 0 Å². The van der Waals surface area contributed by atoms with E-state index in [1.807, 2.05) is 30.3 Å². The van der Waals surface area contributed by atoms with Crippen molar-refractivity contribution < 1.29 is 19.1 Å². The third-order valence-corrected chi connectivity index (χ3v) is 8.22. The standard InChI is InChI=1S/C28H30ClN2O3/c1-3-18-16-31(17-27(32)19-4-6-21(29)7-5-19)13-11-20(18)14-26(31)28(33)23-10-12-30-25-9-8-22(34-2)15-24(23)25/h3-10,12,15,18,20,26,28,33H,1,11,13-14,16-17H2,2H3/q+1/t18?,20?,26?,28-,31?/m1/s1. The van der Waals surface area contributed by atoms with Gasteiger partial charge in [-0.05, 0) is 60.0 Å². The number of halogens is 1. The van der Waals surface area contributed by atoms with Crippen LogP contribution in [-0.2, 0) is 0 Å². The van der Waals surface area contributed by atoms with Crippen molar-refractivity contribution in [2.75, 3.05) is 26.7 Å². The number of fused-ring (bicyclic) bond motifs is 4. The van der Waals surface area contributed by atoms with E-state index in [-0.39, 0.29) is 11.8 Å². The molecule has 0 amide bonds. The van der Waals surface area contributed by atoms with Gasteiger partial charge in [-0.1, -0.05) is 17.7 Å². The quantitative estimate of drug-likeness (QED) is 0.288. The molecule has 3 aromatic rings. The largest absolute Gasteiger partial charge is 0.497 e. The number of pyridine rings is 1. The molecule has 0 saturated carbocycles. The lowest BCUT2D eigenvalue weighted by Crippen LogP contribution is -2.69. The Morgan fingerprint density at radius 1 is 1.29 bits per heavy atom. The predicted octanol–water partition coefficient (Wildman–Crippen LogP) is 5.22. The molecule has 2 aromatic carbocycles. The van der Waals surface area contributed by atoms with Crippen molar-refractivity contribution in [3.63, 3.8) is 0 Å². The highest BCUT2D eigenvalue weighted by Crippen LogP contribution is 2.47. The minimum atomic E-state index is -0.718. The summed E-state index contributed by atoms with van der Waals surface area (Å²) in [5.74, 6) is 1.64. The molecule has 4 unspecified atom stereocenters. The number of ketones is 1. The first-order chi connectivity index (χ1) is 16.4. The number of carbonyl (C=O) groups is 1. The van der Waals surface area contributed by atoms with Crippen LogP contribution in [0.5, 0.6) is 5.75 Å². The van der Waals surface area contributed by atoms with Gasteiger partial charge in [-0.25, -0.2) is 0 Å². The van der Waals surface area contributed by atoms with Crippen molar-refractivity contribution in [2.45, 2.75) is 25.0 Å². The third kappa shape index (κ3) is 4.02. The van der Waals surface area contributed by atoms with E-state index in [0.717, 1.165) is 48.1 Å². The maximum atomic E-state index is 13.4. The van der Waals surface area contributed by atoms with Crippen molar-refractivity contribution >= 4 is 28.3 Å². The topological polar surface area (TPSA) is 59.4 Å². The molecular weight excluding hydrogens is 448 g/mol. The van der Waals surface area contributed by atoms with Crippen LogP contribution in [0.2, 0.25) is 5.02 Å². The average Bonchev–Trinajstić information content (AvgIpc) is 2.87. The lowest BCUT2D eigenvalue weighted by atomic mass is 9.71. The Morgan fingerprint density at radius 3 is 2.82 bits per heavy atom. The normalized spacial score (nSPS) is 26.9. The highest BCUT2D eigenvalue weighted by Gasteiger charge is 2.54. The summed E-state index contributed by atoms with van der Waals surface area (Å²) in [6, 6.07) is 14.6. The molecule has 4 heterocycles. The summed E-state index contributed by atoms with van der Waals surface area (Å²) in [5, 5.41) is 13.3. The molecular formula is C28H30ClN2O3+. The zero-order valence-electron chi connectivity index (χ0n) is 19.4. The predicted molar refractivity (Wildman–Crippen MR) is 134 cm³/mol. The van der Waals surface area contributed by atoms with Gasteiger partial charge in [-0.2, -0.15) is 0 Å². The molecule has 3 saturated heterocycles. The monoisotopic (exact) mass is 477 g/mol. The zero-order chi connectivity index (χ0) is 23.9. The van der Waals surface area contributed by atoms with Crippen molar-refractivity contribution in [1.82, 2.24) is 4.98 Å². The van der Waals surface area contributed by atoms with E-state index in [1.165, 1.54) is 0 Å². The first-order valence-electron chi connectivity index (χ1n) is 11.8. The van der Waals surface area contributed by atoms with Crippen molar-refractivity contribution in [2.24, 2.45) is 11.8 Å². The molecule has 0 aliphatic carbocycles. The van der Waals surface area contributed by atoms with Crippen LogP contribution < -0.4 is 4.74 Å². The van der Waals surface area contributed by atoms with Gasteiger partial charge in [0.15, 0.2) is 0 Å². The van der Waals surface area contributed by atoms with Gasteiger partial charge in [-0.3, -0.25) is 9.78 Å². The number of hydrogen-bond donors (Lipinski definition) is 1. The van der Waals surface area contributed by atoms with Crippen LogP contribution in [0, 0.1) is 11.8 Å². The lowest BCUT2D eigenvalue weighted by Gasteiger charge is -2.57. The summed E-state index contributed by atoms with van der Waals surface area (Å²) >= 11 is 6.04. The summed E-state index contributed by atoms with van der Waals surface area (Å²) in [6.45, 7) is 6.13.